The van der Waals surface area contributed by atoms with Gasteiger partial charge in [-0.25, -0.2) is 0 Å². The summed E-state index contributed by atoms with van der Waals surface area (Å²) in [6.45, 7) is 8.04. The molecule has 1 aromatic heterocycles. The fourth-order valence-electron chi connectivity index (χ4n) is 2.91. The predicted molar refractivity (Wildman–Crippen MR) is 95.4 cm³/mol. The molecule has 1 aliphatic heterocycles. The Morgan fingerprint density at radius 3 is 2.20 bits per heavy atom. The van der Waals surface area contributed by atoms with E-state index in [1.165, 1.54) is 4.90 Å². The molecule has 2 heterocycles. The molecule has 0 radical (unpaired) electrons. The number of rotatable bonds is 5. The molecule has 6 nitrogen and oxygen atoms in total. The molecule has 0 saturated carbocycles. The number of imide groups is 1. The maximum atomic E-state index is 12.4. The lowest BCUT2D eigenvalue weighted by atomic mass is 10.1. The number of fused-ring (bicyclic) bond motifs is 1. The predicted octanol–water partition coefficient (Wildman–Crippen LogP) is 2.37. The monoisotopic (exact) mass is 340 g/mol. The Kier molecular flexibility index (Phi) is 4.47. The van der Waals surface area contributed by atoms with Gasteiger partial charge in [-0.2, -0.15) is 5.10 Å². The zero-order valence-corrected chi connectivity index (χ0v) is 15.2. The number of hydrogen-bond donors (Lipinski definition) is 0. The first-order chi connectivity index (χ1) is 11.8. The van der Waals surface area contributed by atoms with Crippen molar-refractivity contribution in [2.45, 2.75) is 32.9 Å². The van der Waals surface area contributed by atoms with Gasteiger partial charge in [0.25, 0.3) is 11.8 Å². The van der Waals surface area contributed by atoms with E-state index >= 15 is 0 Å². The maximum Gasteiger partial charge on any atom is 0.261 e. The van der Waals surface area contributed by atoms with Crippen LogP contribution in [0, 0.1) is 0 Å². The normalized spacial score (nSPS) is 14.5. The first-order valence-electron chi connectivity index (χ1n) is 8.45. The molecule has 0 aliphatic carbocycles. The lowest BCUT2D eigenvalue weighted by Crippen LogP contribution is -2.36. The van der Waals surface area contributed by atoms with Crippen LogP contribution < -0.4 is 0 Å². The van der Waals surface area contributed by atoms with Gasteiger partial charge in [-0.15, -0.1) is 0 Å². The Hall–Kier alpha value is -2.47. The Morgan fingerprint density at radius 2 is 1.68 bits per heavy atom. The molecule has 2 aromatic rings. The minimum Gasteiger partial charge on any atom is -0.300 e. The Balaban J connectivity index is 1.58. The minimum atomic E-state index is -0.199. The molecule has 0 unspecified atom stereocenters. The molecule has 25 heavy (non-hydrogen) atoms. The van der Waals surface area contributed by atoms with Crippen LogP contribution in [0.25, 0.3) is 0 Å². The maximum absolute atomic E-state index is 12.4. The van der Waals surface area contributed by atoms with Gasteiger partial charge in [0.15, 0.2) is 0 Å². The molecule has 0 bridgehead atoms. The summed E-state index contributed by atoms with van der Waals surface area (Å²) < 4.78 is 1.94. The fraction of sp³-hybridized carbons (Fsp3) is 0.421. The molecule has 0 N–H and O–H groups in total. The zero-order valence-electron chi connectivity index (χ0n) is 15.2. The highest BCUT2D eigenvalue weighted by molar-refractivity contribution is 6.21. The number of hydrogen-bond acceptors (Lipinski definition) is 4. The third kappa shape index (κ3) is 3.49. The van der Waals surface area contributed by atoms with Crippen LogP contribution in [-0.2, 0) is 12.1 Å². The smallest absolute Gasteiger partial charge is 0.261 e. The van der Waals surface area contributed by atoms with Crippen LogP contribution in [-0.4, -0.2) is 51.5 Å². The van der Waals surface area contributed by atoms with Crippen LogP contribution in [0.1, 0.15) is 47.1 Å². The average Bonchev–Trinajstić information content (AvgIpc) is 3.11. The molecule has 0 atom stereocenters. The van der Waals surface area contributed by atoms with Crippen LogP contribution in [0.5, 0.6) is 0 Å². The molecule has 3 rings (SSSR count). The number of nitrogens with zero attached hydrogens (tertiary/aromatic N) is 4. The summed E-state index contributed by atoms with van der Waals surface area (Å²) in [5, 5.41) is 4.40. The molecule has 0 fully saturated rings. The van der Waals surface area contributed by atoms with Gasteiger partial charge >= 0.3 is 0 Å². The van der Waals surface area contributed by atoms with Crippen molar-refractivity contribution in [2.75, 3.05) is 20.1 Å². The molecule has 0 spiro atoms. The summed E-state index contributed by atoms with van der Waals surface area (Å²) >= 11 is 0. The average molecular weight is 340 g/mol. The molecular weight excluding hydrogens is 316 g/mol. The van der Waals surface area contributed by atoms with Crippen molar-refractivity contribution in [3.63, 3.8) is 0 Å². The summed E-state index contributed by atoms with van der Waals surface area (Å²) in [6, 6.07) is 6.99. The van der Waals surface area contributed by atoms with Crippen LogP contribution in [0.2, 0.25) is 0 Å². The van der Waals surface area contributed by atoms with E-state index in [0.717, 1.165) is 12.1 Å². The van der Waals surface area contributed by atoms with E-state index in [4.69, 9.17) is 0 Å². The Labute approximate surface area is 148 Å². The zero-order chi connectivity index (χ0) is 18.2. The van der Waals surface area contributed by atoms with E-state index in [1.807, 2.05) is 24.1 Å². The second-order valence-corrected chi connectivity index (χ2v) is 7.51. The van der Waals surface area contributed by atoms with Crippen molar-refractivity contribution < 1.29 is 9.59 Å². The van der Waals surface area contributed by atoms with Gasteiger partial charge in [-0.05, 0) is 40.0 Å². The summed E-state index contributed by atoms with van der Waals surface area (Å²) in [5.41, 5.74) is 2.07. The van der Waals surface area contributed by atoms with E-state index < -0.39 is 0 Å². The van der Waals surface area contributed by atoms with Crippen molar-refractivity contribution in [2.24, 2.45) is 0 Å². The van der Waals surface area contributed by atoms with Gasteiger partial charge in [0.05, 0.1) is 22.9 Å². The van der Waals surface area contributed by atoms with Crippen molar-refractivity contribution >= 4 is 11.8 Å². The quantitative estimate of drug-likeness (QED) is 0.784. The number of likely N-dealkylation sites (N-methyl/N-ethyl adjacent to an activating group) is 1. The van der Waals surface area contributed by atoms with Crippen LogP contribution >= 0.6 is 0 Å². The van der Waals surface area contributed by atoms with Gasteiger partial charge in [0.1, 0.15) is 0 Å². The SMILES string of the molecule is CN(CCN1C(=O)c2ccccc2C1=O)Cc1cnn(C(C)(C)C)c1. The summed E-state index contributed by atoms with van der Waals surface area (Å²) in [5.74, 6) is -0.399. The third-order valence-corrected chi connectivity index (χ3v) is 4.36. The highest BCUT2D eigenvalue weighted by atomic mass is 16.2. The fourth-order valence-corrected chi connectivity index (χ4v) is 2.91. The van der Waals surface area contributed by atoms with Crippen molar-refractivity contribution in [3.8, 4) is 0 Å². The van der Waals surface area contributed by atoms with Crippen LogP contribution in [0.3, 0.4) is 0 Å². The highest BCUT2D eigenvalue weighted by Gasteiger charge is 2.34. The number of benzene rings is 1. The largest absolute Gasteiger partial charge is 0.300 e. The topological polar surface area (TPSA) is 58.4 Å². The molecule has 1 aromatic carbocycles. The van der Waals surface area contributed by atoms with Crippen molar-refractivity contribution in [1.82, 2.24) is 19.6 Å². The molecule has 2 amide bonds. The number of aromatic nitrogens is 2. The standard InChI is InChI=1S/C19H24N4O2/c1-19(2,3)23-13-14(11-20-23)12-21(4)9-10-22-17(24)15-7-5-6-8-16(15)18(22)25/h5-8,11,13H,9-10,12H2,1-4H3. The van der Waals surface area contributed by atoms with Crippen LogP contribution in [0.15, 0.2) is 36.7 Å². The second kappa shape index (κ2) is 6.44. The summed E-state index contributed by atoms with van der Waals surface area (Å²) in [7, 11) is 1.98. The second-order valence-electron chi connectivity index (χ2n) is 7.51. The van der Waals surface area contributed by atoms with E-state index in [1.54, 1.807) is 24.3 Å². The van der Waals surface area contributed by atoms with E-state index in [0.29, 0.717) is 24.2 Å². The van der Waals surface area contributed by atoms with Crippen LogP contribution in [0.4, 0.5) is 0 Å². The Morgan fingerprint density at radius 1 is 1.08 bits per heavy atom. The first kappa shape index (κ1) is 17.4. The Bertz CT molecular complexity index is 769. The van der Waals surface area contributed by atoms with Gasteiger partial charge < -0.3 is 4.90 Å². The van der Waals surface area contributed by atoms with Crippen molar-refractivity contribution in [1.29, 1.82) is 0 Å². The van der Waals surface area contributed by atoms with Gasteiger partial charge in [-0.1, -0.05) is 12.1 Å². The molecule has 0 saturated heterocycles. The summed E-state index contributed by atoms with van der Waals surface area (Å²) in [4.78, 5) is 28.2. The molecular formula is C19H24N4O2. The number of carbonyl (C=O) groups is 2. The lowest BCUT2D eigenvalue weighted by molar-refractivity contribution is 0.0640. The first-order valence-corrected chi connectivity index (χ1v) is 8.45. The summed E-state index contributed by atoms with van der Waals surface area (Å²) in [6.07, 6.45) is 3.91. The molecule has 6 heteroatoms. The van der Waals surface area contributed by atoms with Gasteiger partial charge in [0.2, 0.25) is 0 Å². The van der Waals surface area contributed by atoms with E-state index in [2.05, 4.69) is 30.8 Å². The van der Waals surface area contributed by atoms with Crippen molar-refractivity contribution in [3.05, 3.63) is 53.3 Å². The number of amides is 2. The molecule has 1 aliphatic rings. The van der Waals surface area contributed by atoms with E-state index in [9.17, 15) is 9.59 Å². The lowest BCUT2D eigenvalue weighted by Gasteiger charge is -2.20. The number of carbonyl (C=O) groups excluding carboxylic acids is 2. The third-order valence-electron chi connectivity index (χ3n) is 4.36. The molecule has 132 valence electrons. The minimum absolute atomic E-state index is 0.0447. The highest BCUT2D eigenvalue weighted by Crippen LogP contribution is 2.22. The van der Waals surface area contributed by atoms with Gasteiger partial charge in [0, 0.05) is 31.4 Å². The van der Waals surface area contributed by atoms with E-state index in [-0.39, 0.29) is 17.4 Å². The van der Waals surface area contributed by atoms with Gasteiger partial charge in [-0.3, -0.25) is 19.2 Å².